The second-order valence-electron chi connectivity index (χ2n) is 6.57. The number of aliphatic carboxylic acids is 1. The standard InChI is InChI=1S/C18H24N2O5/c21-17(14-5-3-6-15(12-14)18(22)23)19-11-2-1-4-13-7-9-16(10-8-13)20(24)25/h7-10,14-15H,1-6,11-12H2,(H,19,21)(H,22,23). The minimum absolute atomic E-state index is 0.0405. The molecule has 1 amide bonds. The lowest BCUT2D eigenvalue weighted by Gasteiger charge is -2.25. The topological polar surface area (TPSA) is 110 Å². The average molecular weight is 348 g/mol. The lowest BCUT2D eigenvalue weighted by Crippen LogP contribution is -2.35. The van der Waals surface area contributed by atoms with Crippen molar-refractivity contribution in [2.45, 2.75) is 44.9 Å². The highest BCUT2D eigenvalue weighted by Crippen LogP contribution is 2.29. The number of nitro benzene ring substituents is 1. The molecule has 0 spiro atoms. The van der Waals surface area contributed by atoms with Gasteiger partial charge in [-0.25, -0.2) is 0 Å². The smallest absolute Gasteiger partial charge is 0.306 e. The molecule has 2 unspecified atom stereocenters. The zero-order chi connectivity index (χ0) is 18.2. The van der Waals surface area contributed by atoms with Gasteiger partial charge < -0.3 is 10.4 Å². The van der Waals surface area contributed by atoms with Crippen LogP contribution in [0.15, 0.2) is 24.3 Å². The summed E-state index contributed by atoms with van der Waals surface area (Å²) in [6.07, 6.45) is 5.14. The van der Waals surface area contributed by atoms with Crippen LogP contribution in [0.5, 0.6) is 0 Å². The maximum absolute atomic E-state index is 12.1. The molecular formula is C18H24N2O5. The number of amides is 1. The summed E-state index contributed by atoms with van der Waals surface area (Å²) in [6.45, 7) is 0.569. The van der Waals surface area contributed by atoms with Gasteiger partial charge in [0.15, 0.2) is 0 Å². The molecule has 2 atom stereocenters. The molecule has 0 heterocycles. The van der Waals surface area contributed by atoms with E-state index in [9.17, 15) is 19.7 Å². The van der Waals surface area contributed by atoms with Crippen LogP contribution < -0.4 is 5.32 Å². The van der Waals surface area contributed by atoms with Crippen LogP contribution in [-0.2, 0) is 16.0 Å². The van der Waals surface area contributed by atoms with Crippen molar-refractivity contribution in [2.24, 2.45) is 11.8 Å². The summed E-state index contributed by atoms with van der Waals surface area (Å²) in [5, 5.41) is 22.6. The number of unbranched alkanes of at least 4 members (excludes halogenated alkanes) is 1. The lowest BCUT2D eigenvalue weighted by molar-refractivity contribution is -0.384. The molecule has 7 nitrogen and oxygen atoms in total. The van der Waals surface area contributed by atoms with Crippen LogP contribution >= 0.6 is 0 Å². The fraction of sp³-hybridized carbons (Fsp3) is 0.556. The van der Waals surface area contributed by atoms with Crippen molar-refractivity contribution in [2.75, 3.05) is 6.54 Å². The Bertz CT molecular complexity index is 614. The maximum Gasteiger partial charge on any atom is 0.306 e. The van der Waals surface area contributed by atoms with Crippen LogP contribution in [-0.4, -0.2) is 28.5 Å². The highest BCUT2D eigenvalue weighted by Gasteiger charge is 2.30. The van der Waals surface area contributed by atoms with Crippen molar-refractivity contribution in [3.8, 4) is 0 Å². The minimum Gasteiger partial charge on any atom is -0.481 e. The number of non-ortho nitro benzene ring substituents is 1. The Morgan fingerprint density at radius 2 is 1.84 bits per heavy atom. The zero-order valence-electron chi connectivity index (χ0n) is 14.1. The van der Waals surface area contributed by atoms with Gasteiger partial charge in [0, 0.05) is 24.6 Å². The molecule has 0 aromatic heterocycles. The largest absolute Gasteiger partial charge is 0.481 e. The van der Waals surface area contributed by atoms with Gasteiger partial charge in [-0.05, 0) is 44.1 Å². The van der Waals surface area contributed by atoms with Crippen molar-refractivity contribution in [3.05, 3.63) is 39.9 Å². The Kier molecular flexibility index (Phi) is 6.91. The van der Waals surface area contributed by atoms with Crippen LogP contribution in [0.3, 0.4) is 0 Å². The summed E-state index contributed by atoms with van der Waals surface area (Å²) in [7, 11) is 0. The molecule has 1 aromatic rings. The molecule has 0 saturated heterocycles. The Morgan fingerprint density at radius 3 is 2.48 bits per heavy atom. The highest BCUT2D eigenvalue weighted by atomic mass is 16.6. The Hall–Kier alpha value is -2.44. The molecule has 1 saturated carbocycles. The number of benzene rings is 1. The van der Waals surface area contributed by atoms with Gasteiger partial charge in [-0.1, -0.05) is 18.6 Å². The zero-order valence-corrected chi connectivity index (χ0v) is 14.1. The summed E-state index contributed by atoms with van der Waals surface area (Å²) in [5.41, 5.74) is 1.12. The number of aryl methyl sites for hydroxylation is 1. The quantitative estimate of drug-likeness (QED) is 0.426. The number of nitrogens with one attached hydrogen (secondary N) is 1. The Labute approximate surface area is 146 Å². The van der Waals surface area contributed by atoms with Gasteiger partial charge in [0.1, 0.15) is 0 Å². The molecule has 1 aromatic carbocycles. The van der Waals surface area contributed by atoms with Crippen molar-refractivity contribution in [1.29, 1.82) is 0 Å². The Balaban J connectivity index is 1.64. The number of hydrogen-bond donors (Lipinski definition) is 2. The third-order valence-corrected chi connectivity index (χ3v) is 4.73. The van der Waals surface area contributed by atoms with E-state index in [0.717, 1.165) is 37.7 Å². The number of carbonyl (C=O) groups is 2. The number of carboxylic acids is 1. The fourth-order valence-corrected chi connectivity index (χ4v) is 3.25. The first-order chi connectivity index (χ1) is 12.0. The van der Waals surface area contributed by atoms with Gasteiger partial charge in [-0.15, -0.1) is 0 Å². The highest BCUT2D eigenvalue weighted by molar-refractivity contribution is 5.80. The molecule has 7 heteroatoms. The molecule has 1 aliphatic carbocycles. The molecule has 1 aliphatic rings. The number of carboxylic acid groups (broad SMARTS) is 1. The summed E-state index contributed by atoms with van der Waals surface area (Å²) in [5.74, 6) is -1.43. The summed E-state index contributed by atoms with van der Waals surface area (Å²) < 4.78 is 0. The predicted molar refractivity (Wildman–Crippen MR) is 92.1 cm³/mol. The molecule has 0 aliphatic heterocycles. The van der Waals surface area contributed by atoms with E-state index in [1.807, 2.05) is 0 Å². The van der Waals surface area contributed by atoms with Crippen LogP contribution in [0.4, 0.5) is 5.69 Å². The number of nitro groups is 1. The second kappa shape index (κ2) is 9.15. The molecule has 0 bridgehead atoms. The first-order valence-corrected chi connectivity index (χ1v) is 8.71. The van der Waals surface area contributed by atoms with Gasteiger partial charge in [-0.3, -0.25) is 19.7 Å². The van der Waals surface area contributed by atoms with E-state index in [4.69, 9.17) is 5.11 Å². The van der Waals surface area contributed by atoms with Gasteiger partial charge in [-0.2, -0.15) is 0 Å². The van der Waals surface area contributed by atoms with Crippen molar-refractivity contribution in [1.82, 2.24) is 5.32 Å². The summed E-state index contributed by atoms with van der Waals surface area (Å²) >= 11 is 0. The van der Waals surface area contributed by atoms with Crippen LogP contribution in [0.25, 0.3) is 0 Å². The molecule has 0 radical (unpaired) electrons. The van der Waals surface area contributed by atoms with Gasteiger partial charge in [0.25, 0.3) is 5.69 Å². The third kappa shape index (κ3) is 5.85. The molecule has 136 valence electrons. The van der Waals surface area contributed by atoms with Gasteiger partial charge >= 0.3 is 5.97 Å². The van der Waals surface area contributed by atoms with Crippen molar-refractivity contribution in [3.63, 3.8) is 0 Å². The number of carbonyl (C=O) groups excluding carboxylic acids is 1. The monoisotopic (exact) mass is 348 g/mol. The SMILES string of the molecule is O=C(O)C1CCCC(C(=O)NCCCCc2ccc([N+](=O)[O-])cc2)C1. The first-order valence-electron chi connectivity index (χ1n) is 8.71. The summed E-state index contributed by atoms with van der Waals surface area (Å²) in [4.78, 5) is 33.4. The normalized spacial score (nSPS) is 20.0. The van der Waals surface area contributed by atoms with E-state index in [0.29, 0.717) is 19.4 Å². The van der Waals surface area contributed by atoms with Crippen molar-refractivity contribution >= 4 is 17.6 Å². The molecule has 25 heavy (non-hydrogen) atoms. The maximum atomic E-state index is 12.1. The van der Waals surface area contributed by atoms with E-state index < -0.39 is 16.8 Å². The summed E-state index contributed by atoms with van der Waals surface area (Å²) in [6, 6.07) is 6.51. The van der Waals surface area contributed by atoms with E-state index in [1.54, 1.807) is 12.1 Å². The fourth-order valence-electron chi connectivity index (χ4n) is 3.25. The molecule has 1 fully saturated rings. The second-order valence-corrected chi connectivity index (χ2v) is 6.57. The molecular weight excluding hydrogens is 324 g/mol. The van der Waals surface area contributed by atoms with E-state index in [2.05, 4.69) is 5.32 Å². The van der Waals surface area contributed by atoms with Crippen molar-refractivity contribution < 1.29 is 19.6 Å². The van der Waals surface area contributed by atoms with Crippen LogP contribution in [0.1, 0.15) is 44.1 Å². The van der Waals surface area contributed by atoms with E-state index in [1.165, 1.54) is 12.1 Å². The van der Waals surface area contributed by atoms with Crippen LogP contribution in [0.2, 0.25) is 0 Å². The van der Waals surface area contributed by atoms with E-state index in [-0.39, 0.29) is 17.5 Å². The van der Waals surface area contributed by atoms with Crippen LogP contribution in [0, 0.1) is 22.0 Å². The average Bonchev–Trinajstić information content (AvgIpc) is 2.61. The number of nitrogens with zero attached hydrogens (tertiary/aromatic N) is 1. The molecule has 2 N–H and O–H groups in total. The number of hydrogen-bond acceptors (Lipinski definition) is 4. The van der Waals surface area contributed by atoms with E-state index >= 15 is 0 Å². The third-order valence-electron chi connectivity index (χ3n) is 4.73. The number of rotatable bonds is 8. The Morgan fingerprint density at radius 1 is 1.16 bits per heavy atom. The lowest BCUT2D eigenvalue weighted by atomic mass is 9.81. The minimum atomic E-state index is -0.805. The first kappa shape index (κ1) is 18.9. The predicted octanol–water partition coefficient (Wildman–Crippen LogP) is 2.92. The van der Waals surface area contributed by atoms with Gasteiger partial charge in [0.05, 0.1) is 10.8 Å². The molecule has 2 rings (SSSR count). The van der Waals surface area contributed by atoms with Gasteiger partial charge in [0.2, 0.25) is 5.91 Å².